The summed E-state index contributed by atoms with van der Waals surface area (Å²) >= 11 is 0. The van der Waals surface area contributed by atoms with Gasteiger partial charge in [0.15, 0.2) is 0 Å². The molecule has 0 atom stereocenters. The largest absolute Gasteiger partial charge is 0.353 e. The lowest BCUT2D eigenvalue weighted by molar-refractivity contribution is -0.125. The lowest BCUT2D eigenvalue weighted by Crippen LogP contribution is -2.50. The molecule has 0 radical (unpaired) electrons. The summed E-state index contributed by atoms with van der Waals surface area (Å²) in [5.74, 6) is -0.0929. The highest BCUT2D eigenvalue weighted by Crippen LogP contribution is 1.95. The topological polar surface area (TPSA) is 58.4 Å². The Labute approximate surface area is 86.8 Å². The van der Waals surface area contributed by atoms with Crippen LogP contribution in [-0.4, -0.2) is 42.5 Å². The highest BCUT2D eigenvalue weighted by Gasteiger charge is 2.20. The second kappa shape index (κ2) is 5.98. The van der Waals surface area contributed by atoms with Gasteiger partial charge < -0.3 is 16.0 Å². The van der Waals surface area contributed by atoms with Crippen molar-refractivity contribution >= 4 is 5.91 Å². The van der Waals surface area contributed by atoms with E-state index in [1.54, 1.807) is 13.8 Å². The van der Waals surface area contributed by atoms with Gasteiger partial charge in [-0.05, 0) is 26.9 Å². The lowest BCUT2D eigenvalue weighted by atomic mass is 10.1. The van der Waals surface area contributed by atoms with Crippen molar-refractivity contribution in [3.05, 3.63) is 0 Å². The zero-order chi connectivity index (χ0) is 11.2. The summed E-state index contributed by atoms with van der Waals surface area (Å²) in [7, 11) is 0. The monoisotopic (exact) mass is 201 g/mol. The molecular weight excluding hydrogens is 178 g/mol. The number of nitrogens with one attached hydrogen (secondary N) is 1. The molecule has 0 aliphatic heterocycles. The lowest BCUT2D eigenvalue weighted by Gasteiger charge is -2.21. The molecule has 0 aromatic rings. The van der Waals surface area contributed by atoms with Crippen LogP contribution in [0.1, 0.15) is 27.7 Å². The van der Waals surface area contributed by atoms with E-state index in [-0.39, 0.29) is 5.91 Å². The molecule has 4 heteroatoms. The first-order chi connectivity index (χ1) is 6.41. The maximum Gasteiger partial charge on any atom is 0.239 e. The molecule has 4 nitrogen and oxygen atoms in total. The maximum atomic E-state index is 11.4. The van der Waals surface area contributed by atoms with Gasteiger partial charge in [0.1, 0.15) is 0 Å². The van der Waals surface area contributed by atoms with Crippen LogP contribution in [0.25, 0.3) is 0 Å². The van der Waals surface area contributed by atoms with Crippen molar-refractivity contribution in [3.8, 4) is 0 Å². The van der Waals surface area contributed by atoms with Crippen LogP contribution >= 0.6 is 0 Å². The van der Waals surface area contributed by atoms with Gasteiger partial charge in [-0.25, -0.2) is 0 Å². The smallest absolute Gasteiger partial charge is 0.239 e. The van der Waals surface area contributed by atoms with Gasteiger partial charge in [0.2, 0.25) is 5.91 Å². The first-order valence-electron chi connectivity index (χ1n) is 5.21. The third kappa shape index (κ3) is 5.19. The second-order valence-electron chi connectivity index (χ2n) is 4.00. The number of rotatable bonds is 6. The van der Waals surface area contributed by atoms with Crippen LogP contribution < -0.4 is 11.1 Å². The predicted octanol–water partition coefficient (Wildman–Crippen LogP) is 0.182. The third-order valence-electron chi connectivity index (χ3n) is 2.19. The number of hydrogen-bond acceptors (Lipinski definition) is 3. The Morgan fingerprint density at radius 2 is 1.86 bits per heavy atom. The normalized spacial score (nSPS) is 11.9. The van der Waals surface area contributed by atoms with E-state index in [1.807, 2.05) is 0 Å². The van der Waals surface area contributed by atoms with Gasteiger partial charge in [-0.3, -0.25) is 4.79 Å². The SMILES string of the molecule is CCN(CC)CCNC(=O)C(C)(C)N. The van der Waals surface area contributed by atoms with Crippen LogP contribution in [0.3, 0.4) is 0 Å². The molecular formula is C10H23N3O. The summed E-state index contributed by atoms with van der Waals surface area (Å²) in [6.07, 6.45) is 0. The van der Waals surface area contributed by atoms with Gasteiger partial charge in [-0.15, -0.1) is 0 Å². The van der Waals surface area contributed by atoms with Crippen molar-refractivity contribution in [2.75, 3.05) is 26.2 Å². The van der Waals surface area contributed by atoms with Gasteiger partial charge in [-0.2, -0.15) is 0 Å². The van der Waals surface area contributed by atoms with Crippen LogP contribution in [-0.2, 0) is 4.79 Å². The third-order valence-corrected chi connectivity index (χ3v) is 2.19. The van der Waals surface area contributed by atoms with Gasteiger partial charge in [-0.1, -0.05) is 13.8 Å². The fourth-order valence-electron chi connectivity index (χ4n) is 1.10. The van der Waals surface area contributed by atoms with Crippen molar-refractivity contribution in [3.63, 3.8) is 0 Å². The minimum absolute atomic E-state index is 0.0929. The molecule has 0 fully saturated rings. The maximum absolute atomic E-state index is 11.4. The minimum atomic E-state index is -0.775. The van der Waals surface area contributed by atoms with Crippen molar-refractivity contribution in [2.24, 2.45) is 5.73 Å². The molecule has 0 spiro atoms. The molecule has 0 aliphatic carbocycles. The fourth-order valence-corrected chi connectivity index (χ4v) is 1.10. The molecule has 0 aromatic carbocycles. The van der Waals surface area contributed by atoms with E-state index in [0.717, 1.165) is 19.6 Å². The van der Waals surface area contributed by atoms with Crippen molar-refractivity contribution < 1.29 is 4.79 Å². The average Bonchev–Trinajstić information content (AvgIpc) is 2.10. The molecule has 0 bridgehead atoms. The summed E-state index contributed by atoms with van der Waals surface area (Å²) < 4.78 is 0. The van der Waals surface area contributed by atoms with E-state index in [1.165, 1.54) is 0 Å². The number of carbonyl (C=O) groups is 1. The summed E-state index contributed by atoms with van der Waals surface area (Å²) in [4.78, 5) is 13.6. The highest BCUT2D eigenvalue weighted by molar-refractivity contribution is 5.84. The van der Waals surface area contributed by atoms with Crippen LogP contribution in [0.15, 0.2) is 0 Å². The van der Waals surface area contributed by atoms with E-state index in [9.17, 15) is 4.79 Å². The first-order valence-corrected chi connectivity index (χ1v) is 5.21. The fraction of sp³-hybridized carbons (Fsp3) is 0.900. The van der Waals surface area contributed by atoms with E-state index in [4.69, 9.17) is 5.73 Å². The Hall–Kier alpha value is -0.610. The van der Waals surface area contributed by atoms with Crippen LogP contribution in [0, 0.1) is 0 Å². The Kier molecular flexibility index (Phi) is 5.72. The van der Waals surface area contributed by atoms with Gasteiger partial charge >= 0.3 is 0 Å². The number of nitrogens with two attached hydrogens (primary N) is 1. The summed E-state index contributed by atoms with van der Waals surface area (Å²) in [5, 5.41) is 2.82. The number of nitrogens with zero attached hydrogens (tertiary/aromatic N) is 1. The number of amides is 1. The molecule has 1 amide bonds. The first kappa shape index (κ1) is 13.4. The molecule has 0 heterocycles. The van der Waals surface area contributed by atoms with Crippen molar-refractivity contribution in [2.45, 2.75) is 33.2 Å². The molecule has 0 aliphatic rings. The molecule has 0 saturated heterocycles. The van der Waals surface area contributed by atoms with Crippen molar-refractivity contribution in [1.29, 1.82) is 0 Å². The zero-order valence-corrected chi connectivity index (χ0v) is 9.76. The molecule has 0 aromatic heterocycles. The van der Waals surface area contributed by atoms with E-state index >= 15 is 0 Å². The summed E-state index contributed by atoms with van der Waals surface area (Å²) in [6, 6.07) is 0. The standard InChI is InChI=1S/C10H23N3O/c1-5-13(6-2)8-7-12-9(14)10(3,4)11/h5-8,11H2,1-4H3,(H,12,14). The number of likely N-dealkylation sites (N-methyl/N-ethyl adjacent to an activating group) is 1. The van der Waals surface area contributed by atoms with Gasteiger partial charge in [0.05, 0.1) is 5.54 Å². The molecule has 0 rings (SSSR count). The Balaban J connectivity index is 3.69. The quantitative estimate of drug-likeness (QED) is 0.644. The number of hydrogen-bond donors (Lipinski definition) is 2. The molecule has 3 N–H and O–H groups in total. The Bertz CT molecular complexity index is 171. The van der Waals surface area contributed by atoms with E-state index in [0.29, 0.717) is 6.54 Å². The van der Waals surface area contributed by atoms with Gasteiger partial charge in [0.25, 0.3) is 0 Å². The molecule has 0 unspecified atom stereocenters. The van der Waals surface area contributed by atoms with Crippen LogP contribution in [0.5, 0.6) is 0 Å². The number of carbonyl (C=O) groups excluding carboxylic acids is 1. The molecule has 14 heavy (non-hydrogen) atoms. The zero-order valence-electron chi connectivity index (χ0n) is 9.76. The second-order valence-corrected chi connectivity index (χ2v) is 4.00. The van der Waals surface area contributed by atoms with E-state index in [2.05, 4.69) is 24.1 Å². The van der Waals surface area contributed by atoms with Crippen LogP contribution in [0.2, 0.25) is 0 Å². The summed E-state index contributed by atoms with van der Waals surface area (Å²) in [5.41, 5.74) is 4.86. The van der Waals surface area contributed by atoms with Crippen LogP contribution in [0.4, 0.5) is 0 Å². The van der Waals surface area contributed by atoms with Gasteiger partial charge in [0, 0.05) is 13.1 Å². The molecule has 0 saturated carbocycles. The van der Waals surface area contributed by atoms with E-state index < -0.39 is 5.54 Å². The average molecular weight is 201 g/mol. The molecule has 84 valence electrons. The Morgan fingerprint density at radius 1 is 1.36 bits per heavy atom. The Morgan fingerprint density at radius 3 is 2.21 bits per heavy atom. The predicted molar refractivity (Wildman–Crippen MR) is 59.1 cm³/mol. The highest BCUT2D eigenvalue weighted by atomic mass is 16.2. The summed E-state index contributed by atoms with van der Waals surface area (Å²) in [6.45, 7) is 11.2. The van der Waals surface area contributed by atoms with Crippen molar-refractivity contribution in [1.82, 2.24) is 10.2 Å². The minimum Gasteiger partial charge on any atom is -0.353 e.